The summed E-state index contributed by atoms with van der Waals surface area (Å²) >= 11 is 6.16. The largest absolute Gasteiger partial charge is 0.383 e. The molecule has 1 N–H and O–H groups in total. The van der Waals surface area contributed by atoms with Crippen molar-refractivity contribution in [3.8, 4) is 0 Å². The van der Waals surface area contributed by atoms with Crippen molar-refractivity contribution in [2.75, 3.05) is 25.6 Å². The maximum absolute atomic E-state index is 13.3. The van der Waals surface area contributed by atoms with Gasteiger partial charge in [-0.05, 0) is 42.3 Å². The van der Waals surface area contributed by atoms with Crippen LogP contribution in [0.1, 0.15) is 11.1 Å². The molecule has 2 aromatic carbocycles. The number of hydrogen-bond donors (Lipinski definition) is 1. The predicted molar refractivity (Wildman–Crippen MR) is 102 cm³/mol. The van der Waals surface area contributed by atoms with E-state index in [1.54, 1.807) is 12.1 Å². The number of imide groups is 1. The third-order valence-electron chi connectivity index (χ3n) is 4.26. The summed E-state index contributed by atoms with van der Waals surface area (Å²) in [7, 11) is 1.49. The highest BCUT2D eigenvalue weighted by Crippen LogP contribution is 2.31. The molecule has 2 amide bonds. The van der Waals surface area contributed by atoms with Crippen molar-refractivity contribution in [3.05, 3.63) is 70.1 Å². The van der Waals surface area contributed by atoms with Gasteiger partial charge in [0.25, 0.3) is 11.8 Å². The maximum Gasteiger partial charge on any atom is 0.278 e. The molecule has 0 unspecified atom stereocenters. The summed E-state index contributed by atoms with van der Waals surface area (Å²) < 4.78 is 18.3. The number of benzene rings is 2. The van der Waals surface area contributed by atoms with Crippen LogP contribution in [0.5, 0.6) is 0 Å². The smallest absolute Gasteiger partial charge is 0.278 e. The summed E-state index contributed by atoms with van der Waals surface area (Å²) in [6, 6.07) is 10.7. The number of ether oxygens (including phenoxy) is 1. The molecule has 2 aromatic rings. The lowest BCUT2D eigenvalue weighted by Gasteiger charge is -2.14. The highest BCUT2D eigenvalue weighted by Gasteiger charge is 2.38. The highest BCUT2D eigenvalue weighted by atomic mass is 35.5. The summed E-state index contributed by atoms with van der Waals surface area (Å²) in [5.41, 5.74) is 2.24. The number of amides is 2. The van der Waals surface area contributed by atoms with Crippen molar-refractivity contribution in [2.45, 2.75) is 6.92 Å². The molecule has 0 fully saturated rings. The third kappa shape index (κ3) is 3.86. The molecule has 0 aliphatic carbocycles. The van der Waals surface area contributed by atoms with Gasteiger partial charge >= 0.3 is 0 Å². The van der Waals surface area contributed by atoms with Gasteiger partial charge in [0.1, 0.15) is 11.5 Å². The van der Waals surface area contributed by atoms with Crippen LogP contribution in [0, 0.1) is 12.7 Å². The first-order valence-corrected chi connectivity index (χ1v) is 8.68. The van der Waals surface area contributed by atoms with Crippen LogP contribution in [0.2, 0.25) is 5.02 Å². The summed E-state index contributed by atoms with van der Waals surface area (Å²) in [6.45, 7) is 2.21. The molecule has 0 atom stereocenters. The summed E-state index contributed by atoms with van der Waals surface area (Å²) in [5, 5.41) is 3.55. The minimum Gasteiger partial charge on any atom is -0.383 e. The molecule has 1 aliphatic heterocycles. The van der Waals surface area contributed by atoms with Crippen molar-refractivity contribution in [3.63, 3.8) is 0 Å². The number of carbonyl (C=O) groups excluding carboxylic acids is 2. The Balaban J connectivity index is 2.04. The van der Waals surface area contributed by atoms with Crippen molar-refractivity contribution in [1.29, 1.82) is 0 Å². The molecule has 3 rings (SSSR count). The molecule has 0 saturated carbocycles. The maximum atomic E-state index is 13.3. The third-order valence-corrected chi connectivity index (χ3v) is 4.67. The summed E-state index contributed by atoms with van der Waals surface area (Å²) in [5.74, 6) is -1.34. The van der Waals surface area contributed by atoms with E-state index in [0.717, 1.165) is 10.5 Å². The van der Waals surface area contributed by atoms with Gasteiger partial charge in [0.15, 0.2) is 0 Å². The second-order valence-corrected chi connectivity index (χ2v) is 6.51. The van der Waals surface area contributed by atoms with Crippen LogP contribution in [0.4, 0.5) is 10.1 Å². The Labute approximate surface area is 161 Å². The van der Waals surface area contributed by atoms with Gasteiger partial charge < -0.3 is 10.1 Å². The Bertz CT molecular complexity index is 925. The van der Waals surface area contributed by atoms with E-state index in [4.69, 9.17) is 16.3 Å². The van der Waals surface area contributed by atoms with Gasteiger partial charge in [-0.25, -0.2) is 4.39 Å². The Kier molecular flexibility index (Phi) is 5.58. The Morgan fingerprint density at radius 1 is 1.11 bits per heavy atom. The molecule has 1 aliphatic rings. The molecule has 0 radical (unpaired) electrons. The first-order valence-electron chi connectivity index (χ1n) is 8.31. The number of anilines is 1. The molecule has 0 aromatic heterocycles. The van der Waals surface area contributed by atoms with Crippen molar-refractivity contribution in [1.82, 2.24) is 4.90 Å². The van der Waals surface area contributed by atoms with E-state index in [1.807, 2.05) is 13.0 Å². The molecular formula is C20H18ClFN2O3. The average molecular weight is 389 g/mol. The Morgan fingerprint density at radius 2 is 1.81 bits per heavy atom. The van der Waals surface area contributed by atoms with Crippen LogP contribution >= 0.6 is 11.6 Å². The molecule has 27 heavy (non-hydrogen) atoms. The van der Waals surface area contributed by atoms with E-state index in [-0.39, 0.29) is 24.4 Å². The molecule has 7 heteroatoms. The zero-order chi connectivity index (χ0) is 19.6. The van der Waals surface area contributed by atoms with Gasteiger partial charge in [0.05, 0.1) is 18.7 Å². The second kappa shape index (κ2) is 7.90. The van der Waals surface area contributed by atoms with E-state index in [1.165, 1.54) is 31.4 Å². The fraction of sp³-hybridized carbons (Fsp3) is 0.200. The average Bonchev–Trinajstić information content (AvgIpc) is 2.87. The topological polar surface area (TPSA) is 58.6 Å². The number of carbonyl (C=O) groups is 2. The van der Waals surface area contributed by atoms with E-state index < -0.39 is 17.6 Å². The number of rotatable bonds is 6. The second-order valence-electron chi connectivity index (χ2n) is 6.10. The van der Waals surface area contributed by atoms with Crippen LogP contribution in [-0.2, 0) is 14.3 Å². The Hall–Kier alpha value is -2.70. The SMILES string of the molecule is COCCN1C(=O)C(Nc2ccc(C)c(Cl)c2)=C(c2ccc(F)cc2)C1=O. The summed E-state index contributed by atoms with van der Waals surface area (Å²) in [6.07, 6.45) is 0. The monoisotopic (exact) mass is 388 g/mol. The van der Waals surface area contributed by atoms with Crippen LogP contribution in [0.25, 0.3) is 5.57 Å². The standard InChI is InChI=1S/C20H18ClFN2O3/c1-12-3-8-15(11-16(12)21)23-18-17(13-4-6-14(22)7-5-13)19(25)24(20(18)26)9-10-27-2/h3-8,11,23H,9-10H2,1-2H3. The number of methoxy groups -OCH3 is 1. The number of aryl methyl sites for hydroxylation is 1. The van der Waals surface area contributed by atoms with Crippen LogP contribution < -0.4 is 5.32 Å². The zero-order valence-electron chi connectivity index (χ0n) is 14.9. The quantitative estimate of drug-likeness (QED) is 0.768. The van der Waals surface area contributed by atoms with Gasteiger partial charge in [-0.15, -0.1) is 0 Å². The number of halogens is 2. The van der Waals surface area contributed by atoms with E-state index in [0.29, 0.717) is 16.3 Å². The normalized spacial score (nSPS) is 14.3. The van der Waals surface area contributed by atoms with Crippen molar-refractivity contribution < 1.29 is 18.7 Å². The molecule has 0 saturated heterocycles. The molecular weight excluding hydrogens is 371 g/mol. The fourth-order valence-corrected chi connectivity index (χ4v) is 2.96. The first-order chi connectivity index (χ1) is 12.9. The van der Waals surface area contributed by atoms with Crippen LogP contribution in [0.3, 0.4) is 0 Å². The van der Waals surface area contributed by atoms with E-state index in [9.17, 15) is 14.0 Å². The fourth-order valence-electron chi connectivity index (χ4n) is 2.78. The molecule has 0 spiro atoms. The highest BCUT2D eigenvalue weighted by molar-refractivity contribution is 6.36. The minimum atomic E-state index is -0.465. The van der Waals surface area contributed by atoms with Gasteiger partial charge in [0.2, 0.25) is 0 Å². The van der Waals surface area contributed by atoms with Crippen molar-refractivity contribution in [2.24, 2.45) is 0 Å². The van der Waals surface area contributed by atoms with Gasteiger partial charge in [0, 0.05) is 17.8 Å². The summed E-state index contributed by atoms with van der Waals surface area (Å²) in [4.78, 5) is 26.8. The molecule has 140 valence electrons. The lowest BCUT2D eigenvalue weighted by Crippen LogP contribution is -2.35. The molecule has 0 bridgehead atoms. The van der Waals surface area contributed by atoms with Gasteiger partial charge in [-0.1, -0.05) is 29.8 Å². The van der Waals surface area contributed by atoms with Crippen LogP contribution in [-0.4, -0.2) is 37.0 Å². The Morgan fingerprint density at radius 3 is 2.44 bits per heavy atom. The first kappa shape index (κ1) is 19.1. The molecule has 1 heterocycles. The number of nitrogens with one attached hydrogen (secondary N) is 1. The lowest BCUT2D eigenvalue weighted by molar-refractivity contribution is -0.137. The lowest BCUT2D eigenvalue weighted by atomic mass is 10.0. The predicted octanol–water partition coefficient (Wildman–Crippen LogP) is 3.63. The van der Waals surface area contributed by atoms with E-state index >= 15 is 0 Å². The van der Waals surface area contributed by atoms with E-state index in [2.05, 4.69) is 5.32 Å². The molecule has 5 nitrogen and oxygen atoms in total. The van der Waals surface area contributed by atoms with Crippen molar-refractivity contribution >= 4 is 34.7 Å². The zero-order valence-corrected chi connectivity index (χ0v) is 15.6. The van der Waals surface area contributed by atoms with Crippen LogP contribution in [0.15, 0.2) is 48.2 Å². The number of hydrogen-bond acceptors (Lipinski definition) is 4. The van der Waals surface area contributed by atoms with Gasteiger partial charge in [-0.3, -0.25) is 14.5 Å². The minimum absolute atomic E-state index is 0.124. The van der Waals surface area contributed by atoms with Gasteiger partial charge in [-0.2, -0.15) is 0 Å². The number of nitrogens with zero attached hydrogens (tertiary/aromatic N) is 1.